The van der Waals surface area contributed by atoms with Gasteiger partial charge >= 0.3 is 0 Å². The second kappa shape index (κ2) is 6.69. The van der Waals surface area contributed by atoms with Crippen LogP contribution in [0.1, 0.15) is 29.9 Å². The van der Waals surface area contributed by atoms with Crippen molar-refractivity contribution in [3.8, 4) is 0 Å². The SMILES string of the molecule is Cc1[nH]nc2cc(C(=O)N3CC(O)(C(C)NC(=O)C(C)CO)C3)ccc12. The zero-order valence-corrected chi connectivity index (χ0v) is 15.1. The Morgan fingerprint density at radius 2 is 2.08 bits per heavy atom. The summed E-state index contributed by atoms with van der Waals surface area (Å²) in [5.41, 5.74) is 1.01. The van der Waals surface area contributed by atoms with Gasteiger partial charge in [-0.3, -0.25) is 14.7 Å². The zero-order valence-electron chi connectivity index (χ0n) is 15.1. The molecule has 3 rings (SSSR count). The Bertz CT molecular complexity index is 841. The van der Waals surface area contributed by atoms with Gasteiger partial charge in [-0.1, -0.05) is 13.0 Å². The van der Waals surface area contributed by atoms with Gasteiger partial charge in [0.1, 0.15) is 5.60 Å². The first-order chi connectivity index (χ1) is 12.2. The molecule has 2 atom stereocenters. The topological polar surface area (TPSA) is 119 Å². The highest BCUT2D eigenvalue weighted by molar-refractivity contribution is 5.98. The molecule has 8 nitrogen and oxygen atoms in total. The summed E-state index contributed by atoms with van der Waals surface area (Å²) < 4.78 is 0. The Morgan fingerprint density at radius 1 is 1.38 bits per heavy atom. The largest absolute Gasteiger partial charge is 0.396 e. The molecule has 1 saturated heterocycles. The molecule has 0 radical (unpaired) electrons. The molecule has 1 aliphatic heterocycles. The van der Waals surface area contributed by atoms with Crippen molar-refractivity contribution in [2.45, 2.75) is 32.4 Å². The van der Waals surface area contributed by atoms with Gasteiger partial charge < -0.3 is 20.4 Å². The van der Waals surface area contributed by atoms with Crippen LogP contribution in [0.5, 0.6) is 0 Å². The molecule has 1 aromatic heterocycles. The van der Waals surface area contributed by atoms with Gasteiger partial charge in [0.05, 0.1) is 37.2 Å². The van der Waals surface area contributed by atoms with E-state index in [0.29, 0.717) is 5.56 Å². The van der Waals surface area contributed by atoms with Crippen LogP contribution in [-0.4, -0.2) is 68.5 Å². The first kappa shape index (κ1) is 18.3. The molecule has 0 spiro atoms. The van der Waals surface area contributed by atoms with Gasteiger partial charge in [-0.25, -0.2) is 0 Å². The summed E-state index contributed by atoms with van der Waals surface area (Å²) in [6, 6.07) is 4.81. The molecular weight excluding hydrogens is 336 g/mol. The van der Waals surface area contributed by atoms with Crippen LogP contribution in [0.15, 0.2) is 18.2 Å². The van der Waals surface area contributed by atoms with Crippen LogP contribution < -0.4 is 5.32 Å². The molecule has 2 amide bonds. The molecule has 4 N–H and O–H groups in total. The zero-order chi connectivity index (χ0) is 19.1. The van der Waals surface area contributed by atoms with Crippen molar-refractivity contribution < 1.29 is 19.8 Å². The second-order valence-corrected chi connectivity index (χ2v) is 7.16. The Labute approximate surface area is 151 Å². The summed E-state index contributed by atoms with van der Waals surface area (Å²) in [6.07, 6.45) is 0. The maximum atomic E-state index is 12.6. The lowest BCUT2D eigenvalue weighted by Gasteiger charge is -2.49. The van der Waals surface area contributed by atoms with Gasteiger partial charge in [0.15, 0.2) is 0 Å². The van der Waals surface area contributed by atoms with E-state index < -0.39 is 17.6 Å². The van der Waals surface area contributed by atoms with Gasteiger partial charge in [-0.05, 0) is 26.0 Å². The molecule has 0 aliphatic carbocycles. The Hall–Kier alpha value is -2.45. The molecule has 2 heterocycles. The number of amides is 2. The van der Waals surface area contributed by atoms with E-state index in [4.69, 9.17) is 5.11 Å². The van der Waals surface area contributed by atoms with Gasteiger partial charge in [0.25, 0.3) is 5.91 Å². The summed E-state index contributed by atoms with van der Waals surface area (Å²) in [5.74, 6) is -1.04. The van der Waals surface area contributed by atoms with E-state index in [1.807, 2.05) is 13.0 Å². The molecule has 0 bridgehead atoms. The minimum Gasteiger partial charge on any atom is -0.396 e. The number of nitrogens with zero attached hydrogens (tertiary/aromatic N) is 2. The molecule has 1 aliphatic rings. The number of benzene rings is 1. The average Bonchev–Trinajstić information content (AvgIpc) is 2.97. The third-order valence-corrected chi connectivity index (χ3v) is 5.10. The van der Waals surface area contributed by atoms with Crippen LogP contribution in [0.25, 0.3) is 10.9 Å². The van der Waals surface area contributed by atoms with Crippen molar-refractivity contribution in [3.05, 3.63) is 29.5 Å². The molecular formula is C18H24N4O4. The number of likely N-dealkylation sites (tertiary alicyclic amines) is 1. The van der Waals surface area contributed by atoms with E-state index in [0.717, 1.165) is 16.6 Å². The van der Waals surface area contributed by atoms with E-state index in [1.165, 1.54) is 0 Å². The minimum absolute atomic E-state index is 0.137. The van der Waals surface area contributed by atoms with E-state index >= 15 is 0 Å². The molecule has 140 valence electrons. The van der Waals surface area contributed by atoms with Crippen LogP contribution >= 0.6 is 0 Å². The lowest BCUT2D eigenvalue weighted by molar-refractivity contribution is -0.134. The van der Waals surface area contributed by atoms with E-state index in [1.54, 1.807) is 30.9 Å². The lowest BCUT2D eigenvalue weighted by Crippen LogP contribution is -2.71. The summed E-state index contributed by atoms with van der Waals surface area (Å²) >= 11 is 0. The smallest absolute Gasteiger partial charge is 0.254 e. The quantitative estimate of drug-likeness (QED) is 0.607. The third-order valence-electron chi connectivity index (χ3n) is 5.10. The number of carbonyl (C=O) groups is 2. The summed E-state index contributed by atoms with van der Waals surface area (Å²) in [5, 5.41) is 30.4. The number of hydrogen-bond donors (Lipinski definition) is 4. The summed E-state index contributed by atoms with van der Waals surface area (Å²) in [7, 11) is 0. The maximum absolute atomic E-state index is 12.6. The number of hydrogen-bond acceptors (Lipinski definition) is 5. The van der Waals surface area contributed by atoms with Crippen molar-refractivity contribution >= 4 is 22.7 Å². The fourth-order valence-electron chi connectivity index (χ4n) is 3.07. The highest BCUT2D eigenvalue weighted by atomic mass is 16.3. The number of aliphatic hydroxyl groups excluding tert-OH is 1. The number of aliphatic hydroxyl groups is 2. The maximum Gasteiger partial charge on any atom is 0.254 e. The molecule has 2 aromatic rings. The fourth-order valence-corrected chi connectivity index (χ4v) is 3.07. The number of H-pyrrole nitrogens is 1. The number of nitrogens with one attached hydrogen (secondary N) is 2. The van der Waals surface area contributed by atoms with Crippen LogP contribution in [-0.2, 0) is 4.79 Å². The van der Waals surface area contributed by atoms with Crippen molar-refractivity contribution in [1.29, 1.82) is 0 Å². The molecule has 1 aromatic carbocycles. The first-order valence-electron chi connectivity index (χ1n) is 8.63. The Morgan fingerprint density at radius 3 is 2.73 bits per heavy atom. The number of aromatic nitrogens is 2. The highest BCUT2D eigenvalue weighted by Gasteiger charge is 2.48. The van der Waals surface area contributed by atoms with Crippen LogP contribution in [0.4, 0.5) is 0 Å². The Balaban J connectivity index is 1.63. The predicted molar refractivity (Wildman–Crippen MR) is 95.5 cm³/mol. The standard InChI is InChI=1S/C18H24N4O4/c1-10(7-23)16(24)19-12(3)18(26)8-22(9-18)17(25)13-4-5-14-11(2)20-21-15(14)6-13/h4-6,10,12,23,26H,7-9H2,1-3H3,(H,19,24)(H,20,21). The highest BCUT2D eigenvalue weighted by Crippen LogP contribution is 2.27. The van der Waals surface area contributed by atoms with Gasteiger partial charge in [0, 0.05) is 16.6 Å². The van der Waals surface area contributed by atoms with Crippen molar-refractivity contribution in [2.75, 3.05) is 19.7 Å². The number of β-amino-alcohol motifs (C(OH)–C–C–N with tert-alkyl or cyclic N) is 1. The van der Waals surface area contributed by atoms with Crippen molar-refractivity contribution in [1.82, 2.24) is 20.4 Å². The molecule has 2 unspecified atom stereocenters. The first-order valence-corrected chi connectivity index (χ1v) is 8.63. The number of aryl methyl sites for hydroxylation is 1. The summed E-state index contributed by atoms with van der Waals surface area (Å²) in [4.78, 5) is 26.0. The summed E-state index contributed by atoms with van der Waals surface area (Å²) in [6.45, 7) is 5.24. The molecule has 26 heavy (non-hydrogen) atoms. The minimum atomic E-state index is -1.17. The van der Waals surface area contributed by atoms with Gasteiger partial charge in [-0.15, -0.1) is 0 Å². The Kier molecular flexibility index (Phi) is 4.72. The third kappa shape index (κ3) is 3.17. The molecule has 8 heteroatoms. The molecule has 0 saturated carbocycles. The number of fused-ring (bicyclic) bond motifs is 1. The molecule has 1 fully saturated rings. The predicted octanol–water partition coefficient (Wildman–Crippen LogP) is 0.191. The van der Waals surface area contributed by atoms with Crippen LogP contribution in [0, 0.1) is 12.8 Å². The van der Waals surface area contributed by atoms with E-state index in [9.17, 15) is 14.7 Å². The van der Waals surface area contributed by atoms with E-state index in [2.05, 4.69) is 15.5 Å². The van der Waals surface area contributed by atoms with Gasteiger partial charge in [0.2, 0.25) is 5.91 Å². The van der Waals surface area contributed by atoms with Crippen LogP contribution in [0.3, 0.4) is 0 Å². The number of carbonyl (C=O) groups excluding carboxylic acids is 2. The number of rotatable bonds is 5. The fraction of sp³-hybridized carbons (Fsp3) is 0.500. The van der Waals surface area contributed by atoms with Crippen molar-refractivity contribution in [2.24, 2.45) is 5.92 Å². The van der Waals surface area contributed by atoms with Gasteiger partial charge in [-0.2, -0.15) is 5.10 Å². The second-order valence-electron chi connectivity index (χ2n) is 7.16. The number of aromatic amines is 1. The van der Waals surface area contributed by atoms with Crippen molar-refractivity contribution in [3.63, 3.8) is 0 Å². The van der Waals surface area contributed by atoms with E-state index in [-0.39, 0.29) is 31.5 Å². The van der Waals surface area contributed by atoms with Crippen LogP contribution in [0.2, 0.25) is 0 Å². The lowest BCUT2D eigenvalue weighted by atomic mass is 9.86. The monoisotopic (exact) mass is 360 g/mol. The average molecular weight is 360 g/mol. The normalized spacial score (nSPS) is 18.3.